The zero-order valence-electron chi connectivity index (χ0n) is 8.16. The second-order valence-corrected chi connectivity index (χ2v) is 4.58. The molecule has 0 saturated carbocycles. The highest BCUT2D eigenvalue weighted by molar-refractivity contribution is 4.99. The minimum absolute atomic E-state index is 0.450. The molecule has 70 valence electrons. The number of hydrogen-bond acceptors (Lipinski definition) is 2. The molecule has 0 aliphatic carbocycles. The Morgan fingerprint density at radius 2 is 1.83 bits per heavy atom. The topological polar surface area (TPSA) is 29.3 Å². The van der Waals surface area contributed by atoms with Crippen LogP contribution in [-0.2, 0) is 0 Å². The first-order valence-electron chi connectivity index (χ1n) is 5.23. The van der Waals surface area contributed by atoms with Crippen LogP contribution in [0.15, 0.2) is 0 Å². The van der Waals surface area contributed by atoms with E-state index >= 15 is 0 Å². The summed E-state index contributed by atoms with van der Waals surface area (Å²) < 4.78 is 0. The molecule has 2 aliphatic rings. The van der Waals surface area contributed by atoms with E-state index in [1.54, 1.807) is 0 Å². The van der Waals surface area contributed by atoms with Crippen LogP contribution in [0.25, 0.3) is 0 Å². The summed E-state index contributed by atoms with van der Waals surface area (Å²) >= 11 is 0. The van der Waals surface area contributed by atoms with Gasteiger partial charge in [-0.1, -0.05) is 0 Å². The summed E-state index contributed by atoms with van der Waals surface area (Å²) in [5.41, 5.74) is 6.10. The lowest BCUT2D eigenvalue weighted by Crippen LogP contribution is -2.53. The van der Waals surface area contributed by atoms with Crippen molar-refractivity contribution in [2.24, 2.45) is 5.73 Å². The molecule has 0 spiro atoms. The van der Waals surface area contributed by atoms with E-state index in [4.69, 9.17) is 5.73 Å². The summed E-state index contributed by atoms with van der Waals surface area (Å²) in [4.78, 5) is 2.65. The highest BCUT2D eigenvalue weighted by Crippen LogP contribution is 2.36. The van der Waals surface area contributed by atoms with E-state index in [-0.39, 0.29) is 0 Å². The van der Waals surface area contributed by atoms with Gasteiger partial charge < -0.3 is 5.73 Å². The van der Waals surface area contributed by atoms with Crippen molar-refractivity contribution in [3.63, 3.8) is 0 Å². The zero-order valence-corrected chi connectivity index (χ0v) is 8.16. The van der Waals surface area contributed by atoms with Gasteiger partial charge in [0, 0.05) is 24.2 Å². The molecule has 0 amide bonds. The Labute approximate surface area is 75.1 Å². The van der Waals surface area contributed by atoms with E-state index in [2.05, 4.69) is 18.7 Å². The highest BCUT2D eigenvalue weighted by Gasteiger charge is 2.41. The predicted molar refractivity (Wildman–Crippen MR) is 51.0 cm³/mol. The van der Waals surface area contributed by atoms with E-state index in [1.165, 1.54) is 25.7 Å². The van der Waals surface area contributed by atoms with Crippen LogP contribution < -0.4 is 5.73 Å². The Morgan fingerprint density at radius 3 is 2.42 bits per heavy atom. The number of nitrogens with zero attached hydrogens (tertiary/aromatic N) is 1. The maximum atomic E-state index is 6.10. The molecule has 2 fully saturated rings. The number of hydrogen-bond donors (Lipinski definition) is 1. The molecule has 12 heavy (non-hydrogen) atoms. The largest absolute Gasteiger partial charge is 0.326 e. The molecule has 0 aromatic rings. The van der Waals surface area contributed by atoms with Gasteiger partial charge in [-0.15, -0.1) is 0 Å². The number of rotatable bonds is 1. The van der Waals surface area contributed by atoms with Gasteiger partial charge in [0.2, 0.25) is 0 Å². The van der Waals surface area contributed by atoms with Crippen LogP contribution in [0.4, 0.5) is 0 Å². The van der Waals surface area contributed by atoms with Crippen molar-refractivity contribution in [2.45, 2.75) is 63.7 Å². The highest BCUT2D eigenvalue weighted by atomic mass is 15.3. The molecule has 2 heterocycles. The minimum Gasteiger partial charge on any atom is -0.326 e. The Hall–Kier alpha value is -0.0800. The van der Waals surface area contributed by atoms with Crippen molar-refractivity contribution >= 4 is 0 Å². The molecule has 2 bridgehead atoms. The molecule has 3 atom stereocenters. The average Bonchev–Trinajstić information content (AvgIpc) is 2.35. The summed E-state index contributed by atoms with van der Waals surface area (Å²) in [6.45, 7) is 4.59. The average molecular weight is 168 g/mol. The number of fused-ring (bicyclic) bond motifs is 2. The normalized spacial score (nSPS) is 42.5. The Bertz CT molecular complexity index is 167. The number of nitrogens with two attached hydrogens (primary N) is 1. The van der Waals surface area contributed by atoms with Crippen molar-refractivity contribution < 1.29 is 0 Å². The first-order valence-corrected chi connectivity index (χ1v) is 5.23. The van der Waals surface area contributed by atoms with Crippen molar-refractivity contribution in [3.8, 4) is 0 Å². The van der Waals surface area contributed by atoms with Crippen molar-refractivity contribution in [1.29, 1.82) is 0 Å². The number of piperidine rings is 1. The Balaban J connectivity index is 2.13. The minimum atomic E-state index is 0.450. The Morgan fingerprint density at radius 1 is 1.17 bits per heavy atom. The molecule has 2 nitrogen and oxygen atoms in total. The molecular weight excluding hydrogens is 148 g/mol. The first kappa shape index (κ1) is 8.52. The maximum Gasteiger partial charge on any atom is 0.0253 e. The molecule has 2 N–H and O–H groups in total. The SMILES string of the molecule is CC(C)N1C2CCC(N)C1CC2. The third kappa shape index (κ3) is 1.17. The van der Waals surface area contributed by atoms with E-state index in [0.717, 1.165) is 6.04 Å². The summed E-state index contributed by atoms with van der Waals surface area (Å²) in [5.74, 6) is 0. The van der Waals surface area contributed by atoms with Crippen LogP contribution in [0, 0.1) is 0 Å². The van der Waals surface area contributed by atoms with Gasteiger partial charge in [-0.3, -0.25) is 4.90 Å². The van der Waals surface area contributed by atoms with Crippen molar-refractivity contribution in [2.75, 3.05) is 0 Å². The maximum absolute atomic E-state index is 6.10. The van der Waals surface area contributed by atoms with Gasteiger partial charge in [0.15, 0.2) is 0 Å². The summed E-state index contributed by atoms with van der Waals surface area (Å²) in [7, 11) is 0. The molecule has 0 radical (unpaired) electrons. The van der Waals surface area contributed by atoms with Crippen LogP contribution in [0.1, 0.15) is 39.5 Å². The standard InChI is InChI=1S/C10H20N2/c1-7(2)12-8-3-5-9(11)10(12)6-4-8/h7-10H,3-6,11H2,1-2H3. The lowest BCUT2D eigenvalue weighted by molar-refractivity contribution is 0.0893. The molecule has 2 heteroatoms. The smallest absolute Gasteiger partial charge is 0.0253 e. The molecular formula is C10H20N2. The summed E-state index contributed by atoms with van der Waals surface area (Å²) in [6.07, 6.45) is 5.30. The third-order valence-electron chi connectivity index (χ3n) is 3.52. The lowest BCUT2D eigenvalue weighted by Gasteiger charge is -2.41. The zero-order chi connectivity index (χ0) is 8.72. The summed E-state index contributed by atoms with van der Waals surface area (Å²) in [6, 6.07) is 2.69. The molecule has 3 unspecified atom stereocenters. The first-order chi connectivity index (χ1) is 5.70. The monoisotopic (exact) mass is 168 g/mol. The second kappa shape index (κ2) is 3.00. The van der Waals surface area contributed by atoms with Crippen molar-refractivity contribution in [1.82, 2.24) is 4.90 Å². The fourth-order valence-corrected chi connectivity index (χ4v) is 3.04. The van der Waals surface area contributed by atoms with Crippen LogP contribution in [0.2, 0.25) is 0 Å². The second-order valence-electron chi connectivity index (χ2n) is 4.58. The Kier molecular flexibility index (Phi) is 2.13. The van der Waals surface area contributed by atoms with Gasteiger partial charge >= 0.3 is 0 Å². The van der Waals surface area contributed by atoms with E-state index in [1.807, 2.05) is 0 Å². The van der Waals surface area contributed by atoms with Crippen LogP contribution in [-0.4, -0.2) is 29.1 Å². The fourth-order valence-electron chi connectivity index (χ4n) is 3.04. The molecule has 0 aromatic heterocycles. The third-order valence-corrected chi connectivity index (χ3v) is 3.52. The van der Waals surface area contributed by atoms with E-state index in [9.17, 15) is 0 Å². The lowest BCUT2D eigenvalue weighted by atomic mass is 9.97. The predicted octanol–water partition coefficient (Wildman–Crippen LogP) is 1.35. The molecule has 2 rings (SSSR count). The molecule has 0 aromatic carbocycles. The van der Waals surface area contributed by atoms with Gasteiger partial charge in [0.1, 0.15) is 0 Å². The van der Waals surface area contributed by atoms with Gasteiger partial charge in [0.25, 0.3) is 0 Å². The van der Waals surface area contributed by atoms with Gasteiger partial charge in [0.05, 0.1) is 0 Å². The van der Waals surface area contributed by atoms with Crippen LogP contribution >= 0.6 is 0 Å². The fraction of sp³-hybridized carbons (Fsp3) is 1.00. The van der Waals surface area contributed by atoms with Gasteiger partial charge in [-0.25, -0.2) is 0 Å². The van der Waals surface area contributed by atoms with Gasteiger partial charge in [-0.2, -0.15) is 0 Å². The van der Waals surface area contributed by atoms with Gasteiger partial charge in [-0.05, 0) is 39.5 Å². The molecule has 2 aliphatic heterocycles. The van der Waals surface area contributed by atoms with E-state index in [0.29, 0.717) is 18.1 Å². The molecule has 2 saturated heterocycles. The van der Waals surface area contributed by atoms with E-state index < -0.39 is 0 Å². The summed E-state index contributed by atoms with van der Waals surface area (Å²) in [5, 5.41) is 0. The van der Waals surface area contributed by atoms with Crippen LogP contribution in [0.5, 0.6) is 0 Å². The van der Waals surface area contributed by atoms with Crippen molar-refractivity contribution in [3.05, 3.63) is 0 Å². The quantitative estimate of drug-likeness (QED) is 0.640. The van der Waals surface area contributed by atoms with Crippen LogP contribution in [0.3, 0.4) is 0 Å².